The summed E-state index contributed by atoms with van der Waals surface area (Å²) in [5.41, 5.74) is 7.71. The topological polar surface area (TPSA) is 83.8 Å². The molecular formula is C15H15Cl2FN4O. The van der Waals surface area contributed by atoms with Gasteiger partial charge in [-0.15, -0.1) is 24.8 Å². The third kappa shape index (κ3) is 3.98. The number of hydrogen-bond acceptors (Lipinski definition) is 4. The van der Waals surface area contributed by atoms with Crippen LogP contribution in [0.4, 0.5) is 15.8 Å². The number of aromatic nitrogens is 2. The van der Waals surface area contributed by atoms with Crippen LogP contribution in [0.15, 0.2) is 47.4 Å². The van der Waals surface area contributed by atoms with Crippen molar-refractivity contribution in [3.8, 4) is 0 Å². The number of nitrogens with zero attached hydrogens (tertiary/aromatic N) is 1. The molecule has 122 valence electrons. The maximum absolute atomic E-state index is 13.4. The molecule has 5 nitrogen and oxygen atoms in total. The number of rotatable bonds is 3. The summed E-state index contributed by atoms with van der Waals surface area (Å²) in [6.45, 7) is 0.131. The van der Waals surface area contributed by atoms with Gasteiger partial charge in [-0.25, -0.2) is 9.37 Å². The van der Waals surface area contributed by atoms with Gasteiger partial charge in [0.15, 0.2) is 0 Å². The average molecular weight is 357 g/mol. The number of fused-ring (bicyclic) bond motifs is 1. The molecule has 0 saturated heterocycles. The summed E-state index contributed by atoms with van der Waals surface area (Å²) < 4.78 is 13.4. The Labute approximate surface area is 143 Å². The lowest BCUT2D eigenvalue weighted by Gasteiger charge is -2.10. The predicted octanol–water partition coefficient (Wildman–Crippen LogP) is 3.11. The van der Waals surface area contributed by atoms with Crippen molar-refractivity contribution >= 4 is 47.2 Å². The Hall–Kier alpha value is -2.15. The number of nitrogens with two attached hydrogens (primary N) is 1. The molecule has 23 heavy (non-hydrogen) atoms. The molecule has 0 aliphatic heterocycles. The Bertz CT molecular complexity index is 869. The van der Waals surface area contributed by atoms with Gasteiger partial charge in [0.25, 0.3) is 0 Å². The molecule has 2 heterocycles. The van der Waals surface area contributed by atoms with E-state index in [9.17, 15) is 9.18 Å². The molecule has 4 N–H and O–H groups in total. The summed E-state index contributed by atoms with van der Waals surface area (Å²) in [7, 11) is 0. The van der Waals surface area contributed by atoms with E-state index >= 15 is 0 Å². The highest BCUT2D eigenvalue weighted by molar-refractivity contribution is 5.90. The summed E-state index contributed by atoms with van der Waals surface area (Å²) in [5, 5.41) is 3.96. The maximum atomic E-state index is 13.4. The largest absolute Gasteiger partial charge is 0.355 e. The van der Waals surface area contributed by atoms with E-state index in [1.165, 1.54) is 12.1 Å². The second-order valence-corrected chi connectivity index (χ2v) is 4.58. The Balaban J connectivity index is 0.00000132. The van der Waals surface area contributed by atoms with Crippen LogP contribution in [-0.4, -0.2) is 9.97 Å². The molecule has 0 aliphatic carbocycles. The van der Waals surface area contributed by atoms with Crippen LogP contribution in [0, 0.1) is 5.82 Å². The summed E-state index contributed by atoms with van der Waals surface area (Å²) in [6, 6.07) is 9.57. The highest BCUT2D eigenvalue weighted by atomic mass is 35.5. The van der Waals surface area contributed by atoms with Gasteiger partial charge in [-0.2, -0.15) is 0 Å². The molecule has 0 spiro atoms. The van der Waals surface area contributed by atoms with Crippen molar-refractivity contribution in [3.05, 3.63) is 64.3 Å². The smallest absolute Gasteiger partial charge is 0.249 e. The fourth-order valence-corrected chi connectivity index (χ4v) is 2.13. The van der Waals surface area contributed by atoms with Crippen molar-refractivity contribution in [2.45, 2.75) is 6.54 Å². The van der Waals surface area contributed by atoms with E-state index in [0.29, 0.717) is 11.2 Å². The quantitative estimate of drug-likeness (QED) is 0.673. The van der Waals surface area contributed by atoms with Gasteiger partial charge >= 0.3 is 0 Å². The van der Waals surface area contributed by atoms with Gasteiger partial charge in [0.2, 0.25) is 5.56 Å². The summed E-state index contributed by atoms with van der Waals surface area (Å²) in [5.74, 6) is -0.327. The van der Waals surface area contributed by atoms with Crippen molar-refractivity contribution in [2.75, 3.05) is 5.32 Å². The van der Waals surface area contributed by atoms with Gasteiger partial charge in [0, 0.05) is 35.4 Å². The van der Waals surface area contributed by atoms with Gasteiger partial charge in [-0.05, 0) is 30.3 Å². The molecule has 0 aliphatic rings. The molecule has 3 rings (SSSR count). The lowest BCUT2D eigenvalue weighted by molar-refractivity contribution is 0.611. The molecule has 0 radical (unpaired) electrons. The Morgan fingerprint density at radius 3 is 2.70 bits per heavy atom. The number of benzene rings is 1. The third-order valence-electron chi connectivity index (χ3n) is 3.18. The lowest BCUT2D eigenvalue weighted by atomic mass is 10.1. The summed E-state index contributed by atoms with van der Waals surface area (Å²) in [4.78, 5) is 18.1. The molecular weight excluding hydrogens is 342 g/mol. The Kier molecular flexibility index (Phi) is 6.50. The van der Waals surface area contributed by atoms with Crippen LogP contribution < -0.4 is 16.6 Å². The molecule has 8 heteroatoms. The number of H-pyrrole nitrogens is 1. The molecule has 2 aromatic heterocycles. The van der Waals surface area contributed by atoms with Crippen molar-refractivity contribution in [3.63, 3.8) is 0 Å². The maximum Gasteiger partial charge on any atom is 0.249 e. The van der Waals surface area contributed by atoms with Crippen LogP contribution >= 0.6 is 24.8 Å². The van der Waals surface area contributed by atoms with Crippen LogP contribution in [0.1, 0.15) is 5.56 Å². The summed E-state index contributed by atoms with van der Waals surface area (Å²) >= 11 is 0. The molecule has 0 amide bonds. The van der Waals surface area contributed by atoms with E-state index in [1.54, 1.807) is 30.5 Å². The van der Waals surface area contributed by atoms with Gasteiger partial charge < -0.3 is 16.0 Å². The second-order valence-electron chi connectivity index (χ2n) is 4.58. The fourth-order valence-electron chi connectivity index (χ4n) is 2.13. The van der Waals surface area contributed by atoms with Gasteiger partial charge in [-0.1, -0.05) is 0 Å². The Morgan fingerprint density at radius 1 is 1.17 bits per heavy atom. The minimum Gasteiger partial charge on any atom is -0.355 e. The number of pyridine rings is 2. The molecule has 0 saturated carbocycles. The standard InChI is InChI=1S/C15H13FN4O.2ClH/c16-12-3-1-10(7-9(12)8-17)19-13-5-6-18-15-11(13)2-4-14(21)20-15;;/h1-7H,8,17H2,(H2,18,19,20,21);2*1H. The first-order chi connectivity index (χ1) is 10.2. The number of nitrogens with one attached hydrogen (secondary N) is 2. The van der Waals surface area contributed by atoms with E-state index in [-0.39, 0.29) is 42.7 Å². The van der Waals surface area contributed by atoms with Gasteiger partial charge in [-0.3, -0.25) is 4.79 Å². The Morgan fingerprint density at radius 2 is 1.96 bits per heavy atom. The predicted molar refractivity (Wildman–Crippen MR) is 94.4 cm³/mol. The van der Waals surface area contributed by atoms with Crippen LogP contribution in [-0.2, 0) is 6.54 Å². The SMILES string of the molecule is Cl.Cl.NCc1cc(Nc2ccnc3[nH]c(=O)ccc23)ccc1F. The molecule has 3 aromatic rings. The number of hydrogen-bond donors (Lipinski definition) is 3. The van der Waals surface area contributed by atoms with Gasteiger partial charge in [0.1, 0.15) is 11.5 Å². The van der Waals surface area contributed by atoms with Crippen molar-refractivity contribution in [2.24, 2.45) is 5.73 Å². The van der Waals surface area contributed by atoms with E-state index in [1.807, 2.05) is 0 Å². The first-order valence-corrected chi connectivity index (χ1v) is 6.41. The number of aromatic amines is 1. The molecule has 0 bridgehead atoms. The van der Waals surface area contributed by atoms with E-state index in [4.69, 9.17) is 5.73 Å². The fraction of sp³-hybridized carbons (Fsp3) is 0.0667. The normalized spacial score (nSPS) is 9.83. The highest BCUT2D eigenvalue weighted by Crippen LogP contribution is 2.24. The highest BCUT2D eigenvalue weighted by Gasteiger charge is 2.05. The van der Waals surface area contributed by atoms with E-state index < -0.39 is 0 Å². The van der Waals surface area contributed by atoms with E-state index in [0.717, 1.165) is 16.8 Å². The second kappa shape index (κ2) is 7.92. The minimum absolute atomic E-state index is 0. The summed E-state index contributed by atoms with van der Waals surface area (Å²) in [6.07, 6.45) is 1.59. The molecule has 0 unspecified atom stereocenters. The van der Waals surface area contributed by atoms with Crippen molar-refractivity contribution in [1.82, 2.24) is 9.97 Å². The minimum atomic E-state index is -0.327. The third-order valence-corrected chi connectivity index (χ3v) is 3.18. The average Bonchev–Trinajstić information content (AvgIpc) is 2.49. The van der Waals surface area contributed by atoms with Crippen LogP contribution in [0.3, 0.4) is 0 Å². The van der Waals surface area contributed by atoms with E-state index in [2.05, 4.69) is 15.3 Å². The number of anilines is 2. The zero-order chi connectivity index (χ0) is 14.8. The van der Waals surface area contributed by atoms with Crippen LogP contribution in [0.2, 0.25) is 0 Å². The molecule has 1 aromatic carbocycles. The van der Waals surface area contributed by atoms with Crippen molar-refractivity contribution in [1.29, 1.82) is 0 Å². The first-order valence-electron chi connectivity index (χ1n) is 6.41. The monoisotopic (exact) mass is 356 g/mol. The van der Waals surface area contributed by atoms with Crippen molar-refractivity contribution < 1.29 is 4.39 Å². The van der Waals surface area contributed by atoms with Crippen LogP contribution in [0.25, 0.3) is 11.0 Å². The van der Waals surface area contributed by atoms with Crippen LogP contribution in [0.5, 0.6) is 0 Å². The van der Waals surface area contributed by atoms with Gasteiger partial charge in [0.05, 0.1) is 5.69 Å². The zero-order valence-electron chi connectivity index (χ0n) is 11.9. The first kappa shape index (κ1) is 18.9. The lowest BCUT2D eigenvalue weighted by Crippen LogP contribution is -2.05. The number of halogens is 3. The zero-order valence-corrected chi connectivity index (χ0v) is 13.5. The molecule has 0 atom stereocenters. The molecule has 0 fully saturated rings.